The first-order chi connectivity index (χ1) is 9.75. The minimum absolute atomic E-state index is 0.157. The van der Waals surface area contributed by atoms with Crippen LogP contribution in [0.25, 0.3) is 0 Å². The molecule has 0 fully saturated rings. The minimum Gasteiger partial charge on any atom is -0.494 e. The van der Waals surface area contributed by atoms with Gasteiger partial charge in [0.15, 0.2) is 0 Å². The lowest BCUT2D eigenvalue weighted by molar-refractivity contribution is 0.308. The van der Waals surface area contributed by atoms with Crippen molar-refractivity contribution in [2.45, 2.75) is 13.0 Å². The molecule has 0 aromatic heterocycles. The molecule has 0 spiro atoms. The van der Waals surface area contributed by atoms with Crippen LogP contribution in [0.4, 0.5) is 4.39 Å². The van der Waals surface area contributed by atoms with Crippen LogP contribution >= 0.6 is 11.6 Å². The van der Waals surface area contributed by atoms with E-state index in [9.17, 15) is 4.39 Å². The summed E-state index contributed by atoms with van der Waals surface area (Å²) in [5.74, 6) is 0.505. The number of hydrogen-bond acceptors (Lipinski definition) is 2. The fourth-order valence-corrected chi connectivity index (χ4v) is 1.90. The number of nitrogens with one attached hydrogen (secondary N) is 1. The molecule has 0 heterocycles. The van der Waals surface area contributed by atoms with E-state index in [-0.39, 0.29) is 10.8 Å². The maximum atomic E-state index is 13.2. The van der Waals surface area contributed by atoms with E-state index in [1.165, 1.54) is 6.07 Å². The number of hydrogen-bond donors (Lipinski definition) is 1. The summed E-state index contributed by atoms with van der Waals surface area (Å²) in [6.07, 6.45) is 0.894. The molecule has 0 aliphatic rings. The Morgan fingerprint density at radius 2 is 1.90 bits per heavy atom. The summed E-state index contributed by atoms with van der Waals surface area (Å²) < 4.78 is 18.8. The molecule has 0 saturated heterocycles. The van der Waals surface area contributed by atoms with E-state index in [2.05, 4.69) is 5.32 Å². The van der Waals surface area contributed by atoms with Crippen LogP contribution in [0.1, 0.15) is 12.0 Å². The summed E-state index contributed by atoms with van der Waals surface area (Å²) in [7, 11) is 0. The van der Waals surface area contributed by atoms with Gasteiger partial charge in [-0.05, 0) is 42.8 Å². The summed E-state index contributed by atoms with van der Waals surface area (Å²) in [6.45, 7) is 2.10. The summed E-state index contributed by atoms with van der Waals surface area (Å²) >= 11 is 5.63. The molecular formula is C16H17ClFNO. The van der Waals surface area contributed by atoms with E-state index < -0.39 is 0 Å². The molecule has 2 rings (SSSR count). The van der Waals surface area contributed by atoms with Crippen LogP contribution in [-0.4, -0.2) is 13.2 Å². The quantitative estimate of drug-likeness (QED) is 0.778. The van der Waals surface area contributed by atoms with Gasteiger partial charge in [-0.2, -0.15) is 0 Å². The highest BCUT2D eigenvalue weighted by Crippen LogP contribution is 2.15. The van der Waals surface area contributed by atoms with Gasteiger partial charge < -0.3 is 10.1 Å². The normalized spacial score (nSPS) is 10.5. The maximum absolute atomic E-state index is 13.2. The van der Waals surface area contributed by atoms with Gasteiger partial charge in [-0.1, -0.05) is 35.9 Å². The first-order valence-corrected chi connectivity index (χ1v) is 6.96. The van der Waals surface area contributed by atoms with Crippen LogP contribution in [0.2, 0.25) is 5.02 Å². The highest BCUT2D eigenvalue weighted by Gasteiger charge is 2.00. The largest absolute Gasteiger partial charge is 0.494 e. The lowest BCUT2D eigenvalue weighted by atomic mass is 10.2. The van der Waals surface area contributed by atoms with Crippen molar-refractivity contribution in [1.29, 1.82) is 0 Å². The molecule has 1 N–H and O–H groups in total. The van der Waals surface area contributed by atoms with Gasteiger partial charge in [-0.15, -0.1) is 0 Å². The smallest absolute Gasteiger partial charge is 0.142 e. The van der Waals surface area contributed by atoms with Crippen molar-refractivity contribution < 1.29 is 9.13 Å². The molecule has 0 saturated carbocycles. The standard InChI is InChI=1S/C16H17ClFNO/c17-15-8-7-13(11-16(15)18)12-19-9-4-10-20-14-5-2-1-3-6-14/h1-3,5-8,11,19H,4,9-10,12H2. The average Bonchev–Trinajstić information content (AvgIpc) is 2.47. The monoisotopic (exact) mass is 293 g/mol. The fraction of sp³-hybridized carbons (Fsp3) is 0.250. The van der Waals surface area contributed by atoms with Gasteiger partial charge in [0.1, 0.15) is 11.6 Å². The van der Waals surface area contributed by atoms with E-state index in [0.717, 1.165) is 24.3 Å². The molecule has 2 nitrogen and oxygen atoms in total. The zero-order valence-electron chi connectivity index (χ0n) is 11.1. The van der Waals surface area contributed by atoms with Gasteiger partial charge in [0.05, 0.1) is 11.6 Å². The molecule has 0 aliphatic heterocycles. The Morgan fingerprint density at radius 3 is 2.65 bits per heavy atom. The molecule has 2 aromatic rings. The van der Waals surface area contributed by atoms with Crippen molar-refractivity contribution >= 4 is 11.6 Å². The van der Waals surface area contributed by atoms with Crippen LogP contribution in [-0.2, 0) is 6.54 Å². The van der Waals surface area contributed by atoms with Crippen LogP contribution in [0.3, 0.4) is 0 Å². The summed E-state index contributed by atoms with van der Waals surface area (Å²) in [4.78, 5) is 0. The molecule has 0 unspecified atom stereocenters. The van der Waals surface area contributed by atoms with Crippen molar-refractivity contribution in [3.8, 4) is 5.75 Å². The van der Waals surface area contributed by atoms with Crippen molar-refractivity contribution in [2.75, 3.05) is 13.2 Å². The number of halogens is 2. The summed E-state index contributed by atoms with van der Waals surface area (Å²) in [5.41, 5.74) is 0.885. The highest BCUT2D eigenvalue weighted by molar-refractivity contribution is 6.30. The van der Waals surface area contributed by atoms with Crippen LogP contribution in [0.15, 0.2) is 48.5 Å². The van der Waals surface area contributed by atoms with Crippen molar-refractivity contribution in [1.82, 2.24) is 5.32 Å². The first kappa shape index (κ1) is 14.8. The molecule has 4 heteroatoms. The molecule has 106 valence electrons. The van der Waals surface area contributed by atoms with Crippen molar-refractivity contribution in [3.63, 3.8) is 0 Å². The van der Waals surface area contributed by atoms with Gasteiger partial charge in [-0.25, -0.2) is 4.39 Å². The lowest BCUT2D eigenvalue weighted by Gasteiger charge is -2.07. The Hall–Kier alpha value is -1.58. The van der Waals surface area contributed by atoms with E-state index in [1.54, 1.807) is 6.07 Å². The second kappa shape index (κ2) is 7.88. The van der Waals surface area contributed by atoms with Gasteiger partial charge in [-0.3, -0.25) is 0 Å². The van der Waals surface area contributed by atoms with E-state index in [0.29, 0.717) is 13.2 Å². The van der Waals surface area contributed by atoms with Gasteiger partial charge in [0.25, 0.3) is 0 Å². The Kier molecular flexibility index (Phi) is 5.84. The van der Waals surface area contributed by atoms with E-state index in [1.807, 2.05) is 36.4 Å². The molecule has 0 radical (unpaired) electrons. The third-order valence-electron chi connectivity index (χ3n) is 2.82. The van der Waals surface area contributed by atoms with Gasteiger partial charge in [0, 0.05) is 6.54 Å². The van der Waals surface area contributed by atoms with Crippen molar-refractivity contribution in [3.05, 3.63) is 64.9 Å². The number of ether oxygens (including phenoxy) is 1. The lowest BCUT2D eigenvalue weighted by Crippen LogP contribution is -2.17. The van der Waals surface area contributed by atoms with E-state index >= 15 is 0 Å². The molecule has 0 bridgehead atoms. The summed E-state index contributed by atoms with van der Waals surface area (Å²) in [6, 6.07) is 14.6. The minimum atomic E-state index is -0.377. The Morgan fingerprint density at radius 1 is 1.10 bits per heavy atom. The zero-order valence-corrected chi connectivity index (χ0v) is 11.9. The molecule has 0 aliphatic carbocycles. The number of benzene rings is 2. The summed E-state index contributed by atoms with van der Waals surface area (Å²) in [5, 5.41) is 3.40. The van der Waals surface area contributed by atoms with Gasteiger partial charge in [0.2, 0.25) is 0 Å². The molecule has 20 heavy (non-hydrogen) atoms. The van der Waals surface area contributed by atoms with Gasteiger partial charge >= 0.3 is 0 Å². The second-order valence-corrected chi connectivity index (χ2v) is 4.85. The predicted molar refractivity (Wildman–Crippen MR) is 79.7 cm³/mol. The molecular weight excluding hydrogens is 277 g/mol. The predicted octanol–water partition coefficient (Wildman–Crippen LogP) is 4.04. The second-order valence-electron chi connectivity index (χ2n) is 4.44. The zero-order chi connectivity index (χ0) is 14.2. The van der Waals surface area contributed by atoms with Crippen LogP contribution in [0, 0.1) is 5.82 Å². The van der Waals surface area contributed by atoms with Crippen molar-refractivity contribution in [2.24, 2.45) is 0 Å². The first-order valence-electron chi connectivity index (χ1n) is 6.58. The van der Waals surface area contributed by atoms with Crippen LogP contribution in [0.5, 0.6) is 5.75 Å². The SMILES string of the molecule is Fc1cc(CNCCCOc2ccccc2)ccc1Cl. The van der Waals surface area contributed by atoms with E-state index in [4.69, 9.17) is 16.3 Å². The average molecular weight is 294 g/mol. The third kappa shape index (κ3) is 4.83. The van der Waals surface area contributed by atoms with Crippen LogP contribution < -0.4 is 10.1 Å². The Labute approximate surface area is 123 Å². The molecule has 2 aromatic carbocycles. The third-order valence-corrected chi connectivity index (χ3v) is 3.13. The highest BCUT2D eigenvalue weighted by atomic mass is 35.5. The molecule has 0 atom stereocenters. The number of para-hydroxylation sites is 1. The topological polar surface area (TPSA) is 21.3 Å². The fourth-order valence-electron chi connectivity index (χ4n) is 1.79. The Bertz CT molecular complexity index is 533. The Balaban J connectivity index is 1.61. The molecule has 0 amide bonds. The number of rotatable bonds is 7. The maximum Gasteiger partial charge on any atom is 0.142 e.